The first-order valence-electron chi connectivity index (χ1n) is 4.10. The summed E-state index contributed by atoms with van der Waals surface area (Å²) in [5, 5.41) is 16.5. The molecule has 0 aliphatic rings. The summed E-state index contributed by atoms with van der Waals surface area (Å²) in [6.45, 7) is 9.71. The summed E-state index contributed by atoms with van der Waals surface area (Å²) in [6.07, 6.45) is 0.126. The van der Waals surface area contributed by atoms with Crippen molar-refractivity contribution in [2.75, 3.05) is 6.61 Å². The Morgan fingerprint density at radius 2 is 1.40 bits per heavy atom. The van der Waals surface area contributed by atoms with Gasteiger partial charge in [0.15, 0.2) is 0 Å². The summed E-state index contributed by atoms with van der Waals surface area (Å²) in [7, 11) is 0. The van der Waals surface area contributed by atoms with Crippen LogP contribution in [0.5, 0.6) is 0 Å². The number of rotatable bonds is 2. The van der Waals surface area contributed by atoms with Crippen molar-refractivity contribution in [2.45, 2.75) is 47.1 Å². The third kappa shape index (κ3) is 24.7. The fraction of sp³-hybridized carbons (Fsp3) is 1.00. The Labute approximate surface area is 64.9 Å². The largest absolute Gasteiger partial charge is 0.394 e. The van der Waals surface area contributed by atoms with Gasteiger partial charge in [0.05, 0.1) is 12.7 Å². The molecule has 10 heavy (non-hydrogen) atoms. The van der Waals surface area contributed by atoms with E-state index in [-0.39, 0.29) is 6.61 Å². The van der Waals surface area contributed by atoms with Crippen molar-refractivity contribution in [3.63, 3.8) is 0 Å². The maximum absolute atomic E-state index is 8.42. The van der Waals surface area contributed by atoms with Crippen LogP contribution in [0.25, 0.3) is 0 Å². The molecule has 0 bridgehead atoms. The molecule has 0 aliphatic heterocycles. The van der Waals surface area contributed by atoms with Crippen LogP contribution >= 0.6 is 0 Å². The van der Waals surface area contributed by atoms with Gasteiger partial charge in [-0.05, 0) is 6.42 Å². The minimum atomic E-state index is -0.509. The highest BCUT2D eigenvalue weighted by molar-refractivity contribution is 4.43. The first-order chi connectivity index (χ1) is 4.81. The molecule has 0 rings (SSSR count). The van der Waals surface area contributed by atoms with Gasteiger partial charge in [0.1, 0.15) is 0 Å². The van der Waals surface area contributed by atoms with Crippen LogP contribution in [0.15, 0.2) is 0 Å². The molecule has 66 valence electrons. The van der Waals surface area contributed by atoms with E-state index < -0.39 is 6.10 Å². The van der Waals surface area contributed by atoms with Crippen LogP contribution in [-0.4, -0.2) is 22.9 Å². The van der Waals surface area contributed by atoms with E-state index in [0.29, 0.717) is 6.42 Å². The van der Waals surface area contributed by atoms with E-state index in [0.717, 1.165) is 0 Å². The average Bonchev–Trinajstić information content (AvgIpc) is 2.10. The van der Waals surface area contributed by atoms with E-state index in [1.807, 2.05) is 34.6 Å². The summed E-state index contributed by atoms with van der Waals surface area (Å²) in [5.74, 6) is 0. The van der Waals surface area contributed by atoms with Crippen LogP contribution in [0.2, 0.25) is 0 Å². The van der Waals surface area contributed by atoms with Crippen molar-refractivity contribution in [3.05, 3.63) is 0 Å². The molecule has 0 aromatic rings. The van der Waals surface area contributed by atoms with Crippen molar-refractivity contribution in [1.82, 2.24) is 0 Å². The maximum Gasteiger partial charge on any atom is 0.0768 e. The molecule has 1 atom stereocenters. The topological polar surface area (TPSA) is 40.5 Å². The van der Waals surface area contributed by atoms with E-state index in [2.05, 4.69) is 0 Å². The molecule has 0 saturated carbocycles. The quantitative estimate of drug-likeness (QED) is 0.630. The maximum atomic E-state index is 8.42. The van der Waals surface area contributed by atoms with Gasteiger partial charge >= 0.3 is 0 Å². The third-order valence-electron chi connectivity index (χ3n) is 0.682. The van der Waals surface area contributed by atoms with Crippen LogP contribution in [0.1, 0.15) is 41.0 Å². The lowest BCUT2D eigenvalue weighted by Crippen LogP contribution is -2.08. The predicted molar refractivity (Wildman–Crippen MR) is 46.1 cm³/mol. The number of aliphatic hydroxyl groups is 2. The van der Waals surface area contributed by atoms with Gasteiger partial charge in [-0.25, -0.2) is 0 Å². The molecule has 2 N–H and O–H groups in total. The number of hydrogen-bond acceptors (Lipinski definition) is 2. The Morgan fingerprint density at radius 3 is 1.40 bits per heavy atom. The first-order valence-corrected chi connectivity index (χ1v) is 4.10. The lowest BCUT2D eigenvalue weighted by atomic mass is 10.3. The molecular formula is C8H22O2. The molecule has 0 aromatic carbocycles. The van der Waals surface area contributed by atoms with Gasteiger partial charge in [-0.1, -0.05) is 34.6 Å². The first kappa shape index (κ1) is 16.5. The molecule has 2 nitrogen and oxygen atoms in total. The van der Waals surface area contributed by atoms with Crippen LogP contribution in [0.3, 0.4) is 0 Å². The van der Waals surface area contributed by atoms with Gasteiger partial charge < -0.3 is 10.2 Å². The van der Waals surface area contributed by atoms with Crippen molar-refractivity contribution in [1.29, 1.82) is 0 Å². The second kappa shape index (κ2) is 23.1. The molecule has 0 spiro atoms. The zero-order chi connectivity index (χ0) is 8.99. The molecule has 0 saturated heterocycles. The molecule has 1 unspecified atom stereocenters. The van der Waals surface area contributed by atoms with E-state index in [9.17, 15) is 0 Å². The standard InChI is InChI=1S/C4H10O2.2C2H6/c1-2-4(6)3-5;2*1-2/h4-6H,2-3H2,1H3;2*1-2H3. The zero-order valence-electron chi connectivity index (χ0n) is 7.89. The van der Waals surface area contributed by atoms with E-state index in [4.69, 9.17) is 10.2 Å². The normalized spacial score (nSPS) is 9.90. The zero-order valence-corrected chi connectivity index (χ0v) is 7.89. The Morgan fingerprint density at radius 1 is 1.10 bits per heavy atom. The highest BCUT2D eigenvalue weighted by atomic mass is 16.3. The van der Waals surface area contributed by atoms with Gasteiger partial charge in [-0.2, -0.15) is 0 Å². The number of aliphatic hydroxyl groups excluding tert-OH is 2. The summed E-state index contributed by atoms with van der Waals surface area (Å²) in [6, 6.07) is 0. The summed E-state index contributed by atoms with van der Waals surface area (Å²) < 4.78 is 0. The monoisotopic (exact) mass is 150 g/mol. The lowest BCUT2D eigenvalue weighted by molar-refractivity contribution is 0.0923. The minimum Gasteiger partial charge on any atom is -0.394 e. The molecule has 0 amide bonds. The molecule has 0 aliphatic carbocycles. The second-order valence-electron chi connectivity index (χ2n) is 1.24. The molecular weight excluding hydrogens is 128 g/mol. The third-order valence-corrected chi connectivity index (χ3v) is 0.682. The number of hydrogen-bond donors (Lipinski definition) is 2. The van der Waals surface area contributed by atoms with Crippen LogP contribution in [0.4, 0.5) is 0 Å². The summed E-state index contributed by atoms with van der Waals surface area (Å²) >= 11 is 0. The Balaban J connectivity index is -0.000000105. The highest BCUT2D eigenvalue weighted by Crippen LogP contribution is 1.83. The van der Waals surface area contributed by atoms with Gasteiger partial charge in [-0.3, -0.25) is 0 Å². The van der Waals surface area contributed by atoms with E-state index >= 15 is 0 Å². The summed E-state index contributed by atoms with van der Waals surface area (Å²) in [5.41, 5.74) is 0. The van der Waals surface area contributed by atoms with Gasteiger partial charge in [0.2, 0.25) is 0 Å². The van der Waals surface area contributed by atoms with Crippen molar-refractivity contribution in [2.24, 2.45) is 0 Å². The van der Waals surface area contributed by atoms with Gasteiger partial charge in [0, 0.05) is 0 Å². The van der Waals surface area contributed by atoms with E-state index in [1.54, 1.807) is 0 Å². The van der Waals surface area contributed by atoms with Crippen molar-refractivity contribution >= 4 is 0 Å². The SMILES string of the molecule is CC.CC.CCC(O)CO. The summed E-state index contributed by atoms with van der Waals surface area (Å²) in [4.78, 5) is 0. The fourth-order valence-electron chi connectivity index (χ4n) is 0.129. The fourth-order valence-corrected chi connectivity index (χ4v) is 0.129. The Kier molecular flexibility index (Phi) is 38.1. The molecule has 0 heterocycles. The Hall–Kier alpha value is -0.0800. The van der Waals surface area contributed by atoms with Crippen molar-refractivity contribution in [3.8, 4) is 0 Å². The van der Waals surface area contributed by atoms with E-state index in [1.165, 1.54) is 0 Å². The smallest absolute Gasteiger partial charge is 0.0768 e. The molecule has 2 heteroatoms. The Bertz CT molecular complexity index is 26.4. The molecule has 0 fully saturated rings. The lowest BCUT2D eigenvalue weighted by Gasteiger charge is -1.97. The highest BCUT2D eigenvalue weighted by Gasteiger charge is 1.92. The molecule has 0 radical (unpaired) electrons. The van der Waals surface area contributed by atoms with Crippen LogP contribution in [-0.2, 0) is 0 Å². The van der Waals surface area contributed by atoms with Gasteiger partial charge in [-0.15, -0.1) is 0 Å². The second-order valence-corrected chi connectivity index (χ2v) is 1.24. The van der Waals surface area contributed by atoms with Gasteiger partial charge in [0.25, 0.3) is 0 Å². The van der Waals surface area contributed by atoms with Crippen LogP contribution in [0, 0.1) is 0 Å². The molecule has 0 aromatic heterocycles. The van der Waals surface area contributed by atoms with Crippen LogP contribution < -0.4 is 0 Å². The predicted octanol–water partition coefficient (Wildman–Crippen LogP) is 1.80. The van der Waals surface area contributed by atoms with Crippen molar-refractivity contribution < 1.29 is 10.2 Å². The minimum absolute atomic E-state index is 0.115. The average molecular weight is 150 g/mol.